The smallest absolute Gasteiger partial charge is 0.254 e. The fraction of sp³-hybridized carbons (Fsp3) is 0.259. The predicted molar refractivity (Wildman–Crippen MR) is 139 cm³/mol. The summed E-state index contributed by atoms with van der Waals surface area (Å²) in [7, 11) is -3.52. The van der Waals surface area contributed by atoms with E-state index >= 15 is 0 Å². The highest BCUT2D eigenvalue weighted by atomic mass is 32.2. The van der Waals surface area contributed by atoms with Crippen LogP contribution in [0, 0.1) is 6.92 Å². The van der Waals surface area contributed by atoms with Crippen molar-refractivity contribution in [3.05, 3.63) is 90.0 Å². The lowest BCUT2D eigenvalue weighted by molar-refractivity contribution is -0.122. The second-order valence-electron chi connectivity index (χ2n) is 8.67. The van der Waals surface area contributed by atoms with Crippen LogP contribution in [-0.2, 0) is 14.8 Å². The van der Waals surface area contributed by atoms with Gasteiger partial charge in [-0.2, -0.15) is 9.41 Å². The Kier molecular flexibility index (Phi) is 7.75. The number of carbonyl (C=O) groups is 1. The first-order valence-electron chi connectivity index (χ1n) is 11.6. The van der Waals surface area contributed by atoms with Gasteiger partial charge >= 0.3 is 0 Å². The van der Waals surface area contributed by atoms with Crippen LogP contribution in [0.1, 0.15) is 18.1 Å². The van der Waals surface area contributed by atoms with E-state index in [2.05, 4.69) is 22.7 Å². The van der Waals surface area contributed by atoms with Crippen LogP contribution in [0.3, 0.4) is 0 Å². The number of rotatable bonds is 7. The molecule has 4 rings (SSSR count). The van der Waals surface area contributed by atoms with Crippen LogP contribution >= 0.6 is 0 Å². The van der Waals surface area contributed by atoms with Gasteiger partial charge in [-0.05, 0) is 42.7 Å². The molecule has 7 nitrogen and oxygen atoms in total. The van der Waals surface area contributed by atoms with Gasteiger partial charge in [0, 0.05) is 26.2 Å². The second-order valence-corrected chi connectivity index (χ2v) is 10.6. The average Bonchev–Trinajstić information content (AvgIpc) is 2.88. The molecule has 0 unspecified atom stereocenters. The van der Waals surface area contributed by atoms with Crippen molar-refractivity contribution in [3.8, 4) is 11.1 Å². The molecule has 0 aliphatic carbocycles. The molecule has 1 aliphatic heterocycles. The number of piperazine rings is 1. The average molecular weight is 491 g/mol. The maximum atomic E-state index is 12.9. The zero-order valence-electron chi connectivity index (χ0n) is 20.0. The maximum absolute atomic E-state index is 12.9. The summed E-state index contributed by atoms with van der Waals surface area (Å²) in [4.78, 5) is 14.7. The van der Waals surface area contributed by atoms with Gasteiger partial charge < -0.3 is 0 Å². The number of nitrogens with zero attached hydrogens (tertiary/aromatic N) is 3. The molecule has 1 N–H and O–H groups in total. The van der Waals surface area contributed by atoms with E-state index in [9.17, 15) is 13.2 Å². The molecule has 3 aromatic carbocycles. The van der Waals surface area contributed by atoms with Gasteiger partial charge in [-0.15, -0.1) is 0 Å². The SMILES string of the molecule is C/C(=N\NC(=O)CN1CCN(S(=O)(=O)c2ccc(C)cc2)CC1)c1ccc(-c2ccccc2)cc1. The van der Waals surface area contributed by atoms with Gasteiger partial charge in [-0.3, -0.25) is 9.69 Å². The van der Waals surface area contributed by atoms with E-state index in [1.165, 1.54) is 4.31 Å². The fourth-order valence-electron chi connectivity index (χ4n) is 3.97. The Morgan fingerprint density at radius 3 is 2.09 bits per heavy atom. The number of hydrogen-bond acceptors (Lipinski definition) is 5. The Balaban J connectivity index is 1.27. The molecule has 1 aliphatic rings. The quantitative estimate of drug-likeness (QED) is 0.406. The third kappa shape index (κ3) is 6.22. The normalized spacial score (nSPS) is 15.7. The van der Waals surface area contributed by atoms with Crippen molar-refractivity contribution >= 4 is 21.6 Å². The molecule has 0 aromatic heterocycles. The summed E-state index contributed by atoms with van der Waals surface area (Å²) in [5.41, 5.74) is 7.55. The molecule has 35 heavy (non-hydrogen) atoms. The Labute approximate surface area is 207 Å². The molecule has 0 atom stereocenters. The van der Waals surface area contributed by atoms with Gasteiger partial charge in [0.1, 0.15) is 0 Å². The molecule has 0 radical (unpaired) electrons. The lowest BCUT2D eigenvalue weighted by Gasteiger charge is -2.33. The monoisotopic (exact) mass is 490 g/mol. The Hall–Kier alpha value is -3.33. The summed E-state index contributed by atoms with van der Waals surface area (Å²) in [5.74, 6) is -0.222. The number of hydrazone groups is 1. The number of hydrogen-bond donors (Lipinski definition) is 1. The number of benzene rings is 3. The van der Waals surface area contributed by atoms with Crippen LogP contribution in [0.5, 0.6) is 0 Å². The number of aryl methyl sites for hydroxylation is 1. The van der Waals surface area contributed by atoms with Crippen LogP contribution in [0.15, 0.2) is 88.9 Å². The van der Waals surface area contributed by atoms with Crippen LogP contribution in [-0.4, -0.2) is 62.0 Å². The third-order valence-electron chi connectivity index (χ3n) is 6.12. The standard InChI is InChI=1S/C27H30N4O3S/c1-21-8-14-26(15-9-21)35(33,34)31-18-16-30(17-19-31)20-27(32)29-28-22(2)23-10-12-25(13-11-23)24-6-4-3-5-7-24/h3-15H,16-20H2,1-2H3,(H,29,32)/b28-22+. The highest BCUT2D eigenvalue weighted by molar-refractivity contribution is 7.89. The van der Waals surface area contributed by atoms with E-state index in [0.29, 0.717) is 36.8 Å². The second kappa shape index (κ2) is 10.9. The summed E-state index contributed by atoms with van der Waals surface area (Å²) >= 11 is 0. The molecule has 0 bridgehead atoms. The van der Waals surface area contributed by atoms with E-state index in [4.69, 9.17) is 0 Å². The van der Waals surface area contributed by atoms with Crippen LogP contribution in [0.2, 0.25) is 0 Å². The Morgan fingerprint density at radius 2 is 1.46 bits per heavy atom. The molecule has 0 saturated carbocycles. The van der Waals surface area contributed by atoms with Gasteiger partial charge in [0.2, 0.25) is 10.0 Å². The lowest BCUT2D eigenvalue weighted by Crippen LogP contribution is -2.50. The molecule has 182 valence electrons. The number of sulfonamides is 1. The number of nitrogens with one attached hydrogen (secondary N) is 1. The van der Waals surface area contributed by atoms with E-state index in [1.54, 1.807) is 24.3 Å². The van der Waals surface area contributed by atoms with E-state index in [1.807, 2.05) is 61.2 Å². The summed E-state index contributed by atoms with van der Waals surface area (Å²) in [5, 5.41) is 4.25. The summed E-state index contributed by atoms with van der Waals surface area (Å²) in [6, 6.07) is 25.1. The molecule has 1 amide bonds. The van der Waals surface area contributed by atoms with Crippen molar-refractivity contribution in [2.45, 2.75) is 18.7 Å². The summed E-state index contributed by atoms with van der Waals surface area (Å²) in [6.07, 6.45) is 0. The minimum Gasteiger partial charge on any atom is -0.292 e. The fourth-order valence-corrected chi connectivity index (χ4v) is 5.39. The molecule has 0 spiro atoms. The topological polar surface area (TPSA) is 82.1 Å². The van der Waals surface area contributed by atoms with Crippen LogP contribution in [0.4, 0.5) is 0 Å². The number of carbonyl (C=O) groups excluding carboxylic acids is 1. The van der Waals surface area contributed by atoms with Crippen LogP contribution in [0.25, 0.3) is 11.1 Å². The van der Waals surface area contributed by atoms with Crippen molar-refractivity contribution in [2.75, 3.05) is 32.7 Å². The minimum atomic E-state index is -3.52. The minimum absolute atomic E-state index is 0.169. The Morgan fingerprint density at radius 1 is 0.857 bits per heavy atom. The molecule has 8 heteroatoms. The first kappa shape index (κ1) is 24.8. The number of amides is 1. The lowest BCUT2D eigenvalue weighted by atomic mass is 10.0. The van der Waals surface area contributed by atoms with Gasteiger partial charge in [0.25, 0.3) is 5.91 Å². The van der Waals surface area contributed by atoms with Crippen molar-refractivity contribution in [1.29, 1.82) is 0 Å². The molecule has 1 heterocycles. The summed E-state index contributed by atoms with van der Waals surface area (Å²) in [6.45, 7) is 5.62. The van der Waals surface area contributed by atoms with Crippen molar-refractivity contribution in [3.63, 3.8) is 0 Å². The molecular formula is C27H30N4O3S. The first-order chi connectivity index (χ1) is 16.8. The zero-order valence-corrected chi connectivity index (χ0v) is 20.8. The first-order valence-corrected chi connectivity index (χ1v) is 13.0. The largest absolute Gasteiger partial charge is 0.292 e. The maximum Gasteiger partial charge on any atom is 0.254 e. The van der Waals surface area contributed by atoms with Crippen molar-refractivity contribution in [1.82, 2.24) is 14.6 Å². The zero-order chi connectivity index (χ0) is 24.8. The van der Waals surface area contributed by atoms with Gasteiger partial charge in [-0.1, -0.05) is 72.3 Å². The molecule has 3 aromatic rings. The summed E-state index contributed by atoms with van der Waals surface area (Å²) < 4.78 is 27.2. The van der Waals surface area contributed by atoms with E-state index in [0.717, 1.165) is 22.3 Å². The molecular weight excluding hydrogens is 460 g/mol. The van der Waals surface area contributed by atoms with Crippen LogP contribution < -0.4 is 5.43 Å². The molecule has 1 saturated heterocycles. The van der Waals surface area contributed by atoms with Gasteiger partial charge in [0.05, 0.1) is 17.2 Å². The van der Waals surface area contributed by atoms with Gasteiger partial charge in [-0.25, -0.2) is 13.8 Å². The van der Waals surface area contributed by atoms with Crippen molar-refractivity contribution < 1.29 is 13.2 Å². The van der Waals surface area contributed by atoms with E-state index in [-0.39, 0.29) is 12.5 Å². The Bertz CT molecular complexity index is 1280. The van der Waals surface area contributed by atoms with Gasteiger partial charge in [0.15, 0.2) is 0 Å². The highest BCUT2D eigenvalue weighted by Crippen LogP contribution is 2.20. The third-order valence-corrected chi connectivity index (χ3v) is 8.03. The van der Waals surface area contributed by atoms with Crippen molar-refractivity contribution in [2.24, 2.45) is 5.10 Å². The molecule has 1 fully saturated rings. The van der Waals surface area contributed by atoms with E-state index < -0.39 is 10.0 Å². The highest BCUT2D eigenvalue weighted by Gasteiger charge is 2.28. The predicted octanol–water partition coefficient (Wildman–Crippen LogP) is 3.51.